The number of nitro groups is 1. The Morgan fingerprint density at radius 3 is 2.30 bits per heavy atom. The van der Waals surface area contributed by atoms with Crippen LogP contribution in [0, 0.1) is 17.0 Å². The van der Waals surface area contributed by atoms with Crippen LogP contribution in [0.1, 0.15) is 15.9 Å². The van der Waals surface area contributed by atoms with E-state index < -0.39 is 4.92 Å². The maximum absolute atomic E-state index is 13.1. The number of hydrogen-bond acceptors (Lipinski definition) is 4. The van der Waals surface area contributed by atoms with Gasteiger partial charge in [0.25, 0.3) is 11.6 Å². The Kier molecular flexibility index (Phi) is 6.92. The second-order valence-electron chi connectivity index (χ2n) is 6.52. The first kappa shape index (κ1) is 21.6. The summed E-state index contributed by atoms with van der Waals surface area (Å²) < 4.78 is 5.73. The van der Waals surface area contributed by atoms with Crippen molar-refractivity contribution >= 4 is 40.5 Å². The molecule has 0 aliphatic heterocycles. The Bertz CT molecular complexity index is 1050. The van der Waals surface area contributed by atoms with E-state index in [1.165, 1.54) is 24.3 Å². The van der Waals surface area contributed by atoms with Crippen LogP contribution in [-0.2, 0) is 0 Å². The average molecular weight is 445 g/mol. The molecular formula is C22H18Cl2N2O4. The number of carbonyl (C=O) groups is 1. The number of carbonyl (C=O) groups excluding carboxylic acids is 1. The molecule has 0 heterocycles. The van der Waals surface area contributed by atoms with Crippen molar-refractivity contribution < 1.29 is 14.5 Å². The van der Waals surface area contributed by atoms with Gasteiger partial charge in [-0.25, -0.2) is 0 Å². The number of rotatable bonds is 7. The maximum Gasteiger partial charge on any atom is 0.269 e. The van der Waals surface area contributed by atoms with Crippen LogP contribution in [0.15, 0.2) is 66.7 Å². The molecule has 0 bridgehead atoms. The van der Waals surface area contributed by atoms with E-state index in [2.05, 4.69) is 0 Å². The third kappa shape index (κ3) is 5.28. The Balaban J connectivity index is 1.80. The minimum absolute atomic E-state index is 0.0749. The van der Waals surface area contributed by atoms with Crippen molar-refractivity contribution in [3.05, 3.63) is 98.0 Å². The molecule has 0 N–H and O–H groups in total. The van der Waals surface area contributed by atoms with Gasteiger partial charge in [-0.2, -0.15) is 0 Å². The van der Waals surface area contributed by atoms with Gasteiger partial charge in [0.15, 0.2) is 0 Å². The van der Waals surface area contributed by atoms with Gasteiger partial charge in [-0.15, -0.1) is 0 Å². The topological polar surface area (TPSA) is 72.7 Å². The van der Waals surface area contributed by atoms with Crippen molar-refractivity contribution in [2.45, 2.75) is 6.92 Å². The summed E-state index contributed by atoms with van der Waals surface area (Å²) in [6.45, 7) is 2.39. The van der Waals surface area contributed by atoms with E-state index in [-0.39, 0.29) is 24.7 Å². The molecule has 154 valence electrons. The fraction of sp³-hybridized carbons (Fsp3) is 0.136. The van der Waals surface area contributed by atoms with Crippen molar-refractivity contribution in [3.63, 3.8) is 0 Å². The molecule has 0 spiro atoms. The third-order valence-electron chi connectivity index (χ3n) is 4.38. The number of non-ortho nitro benzene ring substituents is 1. The molecule has 3 aromatic rings. The monoisotopic (exact) mass is 444 g/mol. The molecule has 3 aromatic carbocycles. The molecule has 3 rings (SSSR count). The molecule has 0 saturated heterocycles. The summed E-state index contributed by atoms with van der Waals surface area (Å²) in [5, 5.41) is 11.8. The van der Waals surface area contributed by atoms with E-state index in [4.69, 9.17) is 27.9 Å². The smallest absolute Gasteiger partial charge is 0.269 e. The highest BCUT2D eigenvalue weighted by Gasteiger charge is 2.19. The standard InChI is InChI=1S/C22H18Cl2N2O4/c1-15-2-7-18(8-3-15)25(12-13-30-21-11-6-17(23)14-20(21)24)22(27)16-4-9-19(10-5-16)26(28)29/h2-11,14H,12-13H2,1H3. The number of benzene rings is 3. The lowest BCUT2D eigenvalue weighted by Gasteiger charge is -2.23. The summed E-state index contributed by atoms with van der Waals surface area (Å²) in [5.41, 5.74) is 2.01. The lowest BCUT2D eigenvalue weighted by atomic mass is 10.1. The van der Waals surface area contributed by atoms with Gasteiger partial charge in [0, 0.05) is 28.4 Å². The van der Waals surface area contributed by atoms with Crippen LogP contribution in [0.4, 0.5) is 11.4 Å². The van der Waals surface area contributed by atoms with E-state index in [1.807, 2.05) is 31.2 Å². The van der Waals surface area contributed by atoms with Gasteiger partial charge in [0.05, 0.1) is 16.5 Å². The molecule has 0 unspecified atom stereocenters. The number of hydrogen-bond donors (Lipinski definition) is 0. The first-order chi connectivity index (χ1) is 14.3. The molecule has 0 saturated carbocycles. The highest BCUT2D eigenvalue weighted by molar-refractivity contribution is 6.35. The Labute approximate surface area is 183 Å². The molecule has 30 heavy (non-hydrogen) atoms. The SMILES string of the molecule is Cc1ccc(N(CCOc2ccc(Cl)cc2Cl)C(=O)c2ccc([N+](=O)[O-])cc2)cc1. The summed E-state index contributed by atoms with van der Waals surface area (Å²) in [4.78, 5) is 25.0. The van der Waals surface area contributed by atoms with Gasteiger partial charge in [0.1, 0.15) is 12.4 Å². The van der Waals surface area contributed by atoms with Crippen LogP contribution < -0.4 is 9.64 Å². The lowest BCUT2D eigenvalue weighted by molar-refractivity contribution is -0.384. The Morgan fingerprint density at radius 1 is 1.03 bits per heavy atom. The van der Waals surface area contributed by atoms with E-state index in [0.29, 0.717) is 27.0 Å². The van der Waals surface area contributed by atoms with Gasteiger partial charge >= 0.3 is 0 Å². The first-order valence-corrected chi connectivity index (χ1v) is 9.81. The number of amides is 1. The molecule has 1 amide bonds. The van der Waals surface area contributed by atoms with Crippen molar-refractivity contribution in [2.24, 2.45) is 0 Å². The van der Waals surface area contributed by atoms with Crippen molar-refractivity contribution in [1.29, 1.82) is 0 Å². The van der Waals surface area contributed by atoms with Gasteiger partial charge < -0.3 is 9.64 Å². The minimum atomic E-state index is -0.504. The van der Waals surface area contributed by atoms with Crippen LogP contribution in [0.5, 0.6) is 5.75 Å². The molecule has 0 aliphatic rings. The Hall–Kier alpha value is -3.09. The van der Waals surface area contributed by atoms with Crippen LogP contribution in [0.2, 0.25) is 10.0 Å². The van der Waals surface area contributed by atoms with Crippen LogP contribution in [-0.4, -0.2) is 24.0 Å². The van der Waals surface area contributed by atoms with E-state index in [1.54, 1.807) is 23.1 Å². The normalized spacial score (nSPS) is 10.5. The number of anilines is 1. The molecule has 6 nitrogen and oxygen atoms in total. The number of ether oxygens (including phenoxy) is 1. The number of nitro benzene ring substituents is 1. The van der Waals surface area contributed by atoms with E-state index in [0.717, 1.165) is 5.56 Å². The van der Waals surface area contributed by atoms with Crippen molar-refractivity contribution in [1.82, 2.24) is 0 Å². The summed E-state index contributed by atoms with van der Waals surface area (Å²) in [6.07, 6.45) is 0. The number of nitrogens with zero attached hydrogens (tertiary/aromatic N) is 2. The molecule has 0 aliphatic carbocycles. The van der Waals surface area contributed by atoms with Crippen LogP contribution >= 0.6 is 23.2 Å². The molecule has 0 radical (unpaired) electrons. The third-order valence-corrected chi connectivity index (χ3v) is 4.91. The zero-order chi connectivity index (χ0) is 21.7. The molecule has 0 fully saturated rings. The fourth-order valence-corrected chi connectivity index (χ4v) is 3.26. The number of halogens is 2. The zero-order valence-electron chi connectivity index (χ0n) is 16.0. The molecule has 0 atom stereocenters. The summed E-state index contributed by atoms with van der Waals surface area (Å²) in [5.74, 6) is 0.173. The largest absolute Gasteiger partial charge is 0.490 e. The highest BCUT2D eigenvalue weighted by atomic mass is 35.5. The Morgan fingerprint density at radius 2 is 1.70 bits per heavy atom. The summed E-state index contributed by atoms with van der Waals surface area (Å²) in [6, 6.07) is 17.9. The van der Waals surface area contributed by atoms with Gasteiger partial charge in [-0.3, -0.25) is 14.9 Å². The molecule has 8 heteroatoms. The van der Waals surface area contributed by atoms with E-state index in [9.17, 15) is 14.9 Å². The quantitative estimate of drug-likeness (QED) is 0.334. The highest BCUT2D eigenvalue weighted by Crippen LogP contribution is 2.27. The van der Waals surface area contributed by atoms with Crippen LogP contribution in [0.25, 0.3) is 0 Å². The van der Waals surface area contributed by atoms with Gasteiger partial charge in [-0.05, 0) is 49.4 Å². The van der Waals surface area contributed by atoms with E-state index >= 15 is 0 Å². The minimum Gasteiger partial charge on any atom is -0.490 e. The van der Waals surface area contributed by atoms with Crippen LogP contribution in [0.3, 0.4) is 0 Å². The fourth-order valence-electron chi connectivity index (χ4n) is 2.79. The first-order valence-electron chi connectivity index (χ1n) is 9.06. The van der Waals surface area contributed by atoms with Gasteiger partial charge in [0.2, 0.25) is 0 Å². The van der Waals surface area contributed by atoms with Gasteiger partial charge in [-0.1, -0.05) is 40.9 Å². The lowest BCUT2D eigenvalue weighted by Crippen LogP contribution is -2.34. The summed E-state index contributed by atoms with van der Waals surface area (Å²) in [7, 11) is 0. The average Bonchev–Trinajstić information content (AvgIpc) is 2.73. The van der Waals surface area contributed by atoms with Crippen molar-refractivity contribution in [3.8, 4) is 5.75 Å². The zero-order valence-corrected chi connectivity index (χ0v) is 17.6. The van der Waals surface area contributed by atoms with Crippen molar-refractivity contribution in [2.75, 3.05) is 18.1 Å². The molecular weight excluding hydrogens is 427 g/mol. The second-order valence-corrected chi connectivity index (χ2v) is 7.36. The molecule has 0 aromatic heterocycles. The second kappa shape index (κ2) is 9.61. The maximum atomic E-state index is 13.1. The predicted octanol–water partition coefficient (Wildman–Crippen LogP) is 5.94. The number of aryl methyl sites for hydroxylation is 1. The summed E-state index contributed by atoms with van der Waals surface area (Å²) >= 11 is 12.0. The predicted molar refractivity (Wildman–Crippen MR) is 118 cm³/mol.